The number of nitrogens with one attached hydrogen (secondary N) is 1. The van der Waals surface area contributed by atoms with Crippen LogP contribution in [0.4, 0.5) is 10.5 Å². The fourth-order valence-electron chi connectivity index (χ4n) is 2.22. The van der Waals surface area contributed by atoms with E-state index < -0.39 is 0 Å². The lowest BCUT2D eigenvalue weighted by Crippen LogP contribution is -2.49. The van der Waals surface area contributed by atoms with Gasteiger partial charge in [0.25, 0.3) is 0 Å². The molecule has 104 valence electrons. The van der Waals surface area contributed by atoms with Gasteiger partial charge in [0.1, 0.15) is 0 Å². The van der Waals surface area contributed by atoms with Crippen LogP contribution in [0, 0.1) is 6.92 Å². The Kier molecular flexibility index (Phi) is 4.66. The van der Waals surface area contributed by atoms with E-state index in [2.05, 4.69) is 48.3 Å². The third-order valence-corrected chi connectivity index (χ3v) is 3.55. The van der Waals surface area contributed by atoms with E-state index in [1.165, 1.54) is 11.3 Å². The van der Waals surface area contributed by atoms with Crippen molar-refractivity contribution < 1.29 is 4.79 Å². The fraction of sp³-hybridized carbons (Fsp3) is 0.533. The number of rotatable bonds is 5. The van der Waals surface area contributed by atoms with E-state index in [1.807, 2.05) is 4.90 Å². The topological polar surface area (TPSA) is 35.6 Å². The molecular weight excluding hydrogens is 238 g/mol. The number of carbonyl (C=O) groups excluding carboxylic acids is 1. The minimum Gasteiger partial charge on any atom is -0.370 e. The number of nitrogens with zero attached hydrogens (tertiary/aromatic N) is 2. The van der Waals surface area contributed by atoms with Crippen molar-refractivity contribution in [3.05, 3.63) is 29.8 Å². The van der Waals surface area contributed by atoms with Crippen molar-refractivity contribution in [1.29, 1.82) is 0 Å². The molecule has 1 aliphatic rings. The van der Waals surface area contributed by atoms with Crippen molar-refractivity contribution in [1.82, 2.24) is 10.2 Å². The smallest absolute Gasteiger partial charge is 0.317 e. The molecule has 4 nitrogen and oxygen atoms in total. The molecule has 0 unspecified atom stereocenters. The number of amides is 2. The summed E-state index contributed by atoms with van der Waals surface area (Å²) >= 11 is 0. The predicted octanol–water partition coefficient (Wildman–Crippen LogP) is 2.24. The summed E-state index contributed by atoms with van der Waals surface area (Å²) in [5.41, 5.74) is 2.49. The van der Waals surface area contributed by atoms with Gasteiger partial charge in [0.15, 0.2) is 0 Å². The molecule has 2 amide bonds. The van der Waals surface area contributed by atoms with Crippen LogP contribution in [0.5, 0.6) is 0 Å². The number of hydrogen-bond acceptors (Lipinski definition) is 2. The monoisotopic (exact) mass is 261 g/mol. The van der Waals surface area contributed by atoms with Crippen LogP contribution in [0.3, 0.4) is 0 Å². The average Bonchev–Trinajstić information content (AvgIpc) is 2.32. The molecule has 1 aromatic carbocycles. The molecule has 1 heterocycles. The van der Waals surface area contributed by atoms with E-state index in [-0.39, 0.29) is 6.03 Å². The molecule has 0 spiro atoms. The summed E-state index contributed by atoms with van der Waals surface area (Å²) in [7, 11) is 0. The third-order valence-electron chi connectivity index (χ3n) is 3.55. The van der Waals surface area contributed by atoms with Gasteiger partial charge in [-0.1, -0.05) is 12.1 Å². The Morgan fingerprint density at radius 1 is 1.42 bits per heavy atom. The van der Waals surface area contributed by atoms with Gasteiger partial charge in [-0.3, -0.25) is 0 Å². The van der Waals surface area contributed by atoms with Gasteiger partial charge in [-0.15, -0.1) is 0 Å². The number of benzene rings is 1. The molecule has 0 saturated carbocycles. The Balaban J connectivity index is 1.80. The van der Waals surface area contributed by atoms with Gasteiger partial charge in [0, 0.05) is 38.4 Å². The lowest BCUT2D eigenvalue weighted by Gasteiger charge is -2.31. The average molecular weight is 261 g/mol. The number of likely N-dealkylation sites (tertiary alicyclic amines) is 1. The first-order valence-corrected chi connectivity index (χ1v) is 7.05. The van der Waals surface area contributed by atoms with Crippen molar-refractivity contribution in [2.75, 3.05) is 37.6 Å². The first kappa shape index (κ1) is 13.7. The molecular formula is C15H23N3O. The Bertz CT molecular complexity index is 429. The molecule has 1 aliphatic heterocycles. The van der Waals surface area contributed by atoms with Crippen LogP contribution < -0.4 is 10.2 Å². The quantitative estimate of drug-likeness (QED) is 0.882. The second kappa shape index (κ2) is 6.45. The Hall–Kier alpha value is -1.71. The van der Waals surface area contributed by atoms with Crippen LogP contribution in [-0.2, 0) is 0 Å². The molecule has 0 bridgehead atoms. The Morgan fingerprint density at radius 2 is 2.21 bits per heavy atom. The molecule has 1 fully saturated rings. The van der Waals surface area contributed by atoms with Crippen LogP contribution >= 0.6 is 0 Å². The molecule has 4 heteroatoms. The molecule has 0 atom stereocenters. The number of carbonyl (C=O) groups is 1. The van der Waals surface area contributed by atoms with Crippen molar-refractivity contribution in [2.45, 2.75) is 20.3 Å². The number of urea groups is 1. The minimum absolute atomic E-state index is 0.0755. The first-order valence-electron chi connectivity index (χ1n) is 7.05. The lowest BCUT2D eigenvalue weighted by atomic mass is 10.2. The van der Waals surface area contributed by atoms with E-state index in [0.29, 0.717) is 6.54 Å². The maximum Gasteiger partial charge on any atom is 0.317 e. The van der Waals surface area contributed by atoms with E-state index >= 15 is 0 Å². The van der Waals surface area contributed by atoms with Gasteiger partial charge in [-0.2, -0.15) is 0 Å². The Morgan fingerprint density at radius 3 is 2.79 bits per heavy atom. The number of anilines is 1. The zero-order valence-corrected chi connectivity index (χ0v) is 11.9. The van der Waals surface area contributed by atoms with Crippen LogP contribution in [0.1, 0.15) is 18.9 Å². The summed E-state index contributed by atoms with van der Waals surface area (Å²) < 4.78 is 0. The number of hydrogen-bond donors (Lipinski definition) is 1. The van der Waals surface area contributed by atoms with E-state index in [4.69, 9.17) is 0 Å². The summed E-state index contributed by atoms with van der Waals surface area (Å²) in [5, 5.41) is 2.98. The standard InChI is InChI=1S/C15H23N3O/c1-3-17(14-7-4-6-13(2)12-14)11-8-16-15(19)18-9-5-10-18/h4,6-7,12H,3,5,8-11H2,1-2H3,(H,16,19). The highest BCUT2D eigenvalue weighted by molar-refractivity contribution is 5.74. The number of aryl methyl sites for hydroxylation is 1. The molecule has 0 radical (unpaired) electrons. The molecule has 19 heavy (non-hydrogen) atoms. The molecule has 1 saturated heterocycles. The van der Waals surface area contributed by atoms with E-state index in [1.54, 1.807) is 0 Å². The highest BCUT2D eigenvalue weighted by Gasteiger charge is 2.19. The third kappa shape index (κ3) is 3.63. The van der Waals surface area contributed by atoms with E-state index in [9.17, 15) is 4.79 Å². The lowest BCUT2D eigenvalue weighted by molar-refractivity contribution is 0.168. The SMILES string of the molecule is CCN(CCNC(=O)N1CCC1)c1cccc(C)c1. The summed E-state index contributed by atoms with van der Waals surface area (Å²) in [6, 6.07) is 8.55. The van der Waals surface area contributed by atoms with Crippen LogP contribution in [0.15, 0.2) is 24.3 Å². The van der Waals surface area contributed by atoms with Crippen molar-refractivity contribution in [3.8, 4) is 0 Å². The summed E-state index contributed by atoms with van der Waals surface area (Å²) in [6.07, 6.45) is 1.14. The van der Waals surface area contributed by atoms with Crippen molar-refractivity contribution in [3.63, 3.8) is 0 Å². The highest BCUT2D eigenvalue weighted by atomic mass is 16.2. The zero-order valence-electron chi connectivity index (χ0n) is 11.9. The molecule has 0 aliphatic carbocycles. The molecule has 0 aromatic heterocycles. The van der Waals surface area contributed by atoms with E-state index in [0.717, 1.165) is 32.6 Å². The highest BCUT2D eigenvalue weighted by Crippen LogP contribution is 2.15. The zero-order chi connectivity index (χ0) is 13.7. The summed E-state index contributed by atoms with van der Waals surface area (Å²) in [5.74, 6) is 0. The number of likely N-dealkylation sites (N-methyl/N-ethyl adjacent to an activating group) is 1. The molecule has 2 rings (SSSR count). The second-order valence-corrected chi connectivity index (χ2v) is 4.99. The van der Waals surface area contributed by atoms with Crippen molar-refractivity contribution >= 4 is 11.7 Å². The Labute approximate surface area is 115 Å². The van der Waals surface area contributed by atoms with Gasteiger partial charge in [-0.25, -0.2) is 4.79 Å². The normalized spacial score (nSPS) is 13.9. The minimum atomic E-state index is 0.0755. The summed E-state index contributed by atoms with van der Waals surface area (Å²) in [4.78, 5) is 15.8. The first-order chi connectivity index (χ1) is 9.20. The van der Waals surface area contributed by atoms with Gasteiger partial charge >= 0.3 is 6.03 Å². The molecule has 1 aromatic rings. The maximum atomic E-state index is 11.7. The second-order valence-electron chi connectivity index (χ2n) is 4.99. The maximum absolute atomic E-state index is 11.7. The van der Waals surface area contributed by atoms with Gasteiger partial charge < -0.3 is 15.1 Å². The predicted molar refractivity (Wildman–Crippen MR) is 78.7 cm³/mol. The van der Waals surface area contributed by atoms with Gasteiger partial charge in [-0.05, 0) is 38.0 Å². The van der Waals surface area contributed by atoms with Gasteiger partial charge in [0.05, 0.1) is 0 Å². The molecule has 1 N–H and O–H groups in total. The summed E-state index contributed by atoms with van der Waals surface area (Å²) in [6.45, 7) is 8.53. The van der Waals surface area contributed by atoms with Gasteiger partial charge in [0.2, 0.25) is 0 Å². The van der Waals surface area contributed by atoms with Crippen LogP contribution in [-0.4, -0.2) is 43.7 Å². The fourth-order valence-corrected chi connectivity index (χ4v) is 2.22. The van der Waals surface area contributed by atoms with Crippen LogP contribution in [0.2, 0.25) is 0 Å². The van der Waals surface area contributed by atoms with Crippen LogP contribution in [0.25, 0.3) is 0 Å². The van der Waals surface area contributed by atoms with Crippen molar-refractivity contribution in [2.24, 2.45) is 0 Å². The largest absolute Gasteiger partial charge is 0.370 e.